The van der Waals surface area contributed by atoms with Gasteiger partial charge in [-0.25, -0.2) is 9.18 Å². The van der Waals surface area contributed by atoms with Gasteiger partial charge in [0.15, 0.2) is 17.3 Å². The second-order valence-corrected chi connectivity index (χ2v) is 4.89. The summed E-state index contributed by atoms with van der Waals surface area (Å²) >= 11 is 0. The fraction of sp³-hybridized carbons (Fsp3) is 0.222. The molecular formula is C18H19FN2O4. The molecule has 2 aromatic rings. The second kappa shape index (κ2) is 8.68. The Morgan fingerprint density at radius 2 is 1.60 bits per heavy atom. The van der Waals surface area contributed by atoms with E-state index in [2.05, 4.69) is 5.16 Å². The highest BCUT2D eigenvalue weighted by atomic mass is 19.1. The molecule has 7 heteroatoms. The monoisotopic (exact) mass is 346 g/mol. The molecule has 0 aliphatic rings. The lowest BCUT2D eigenvalue weighted by molar-refractivity contribution is 0.0515. The standard InChI is InChI=1S/C18H19FN2O4/c1-3-23-15-10-7-13(11-16(15)24-4-2)18(22)25-21-17(20)12-5-8-14(19)9-6-12/h5-11H,3-4H2,1-2H3,(H2,20,21). The van der Waals surface area contributed by atoms with Crippen LogP contribution >= 0.6 is 0 Å². The van der Waals surface area contributed by atoms with E-state index in [0.29, 0.717) is 30.3 Å². The van der Waals surface area contributed by atoms with Crippen molar-refractivity contribution in [2.24, 2.45) is 10.9 Å². The van der Waals surface area contributed by atoms with Gasteiger partial charge in [0.2, 0.25) is 0 Å². The molecule has 0 unspecified atom stereocenters. The predicted molar refractivity (Wildman–Crippen MR) is 91.3 cm³/mol. The van der Waals surface area contributed by atoms with E-state index in [1.807, 2.05) is 13.8 Å². The normalized spacial score (nSPS) is 11.1. The molecule has 0 spiro atoms. The molecular weight excluding hydrogens is 327 g/mol. The average Bonchev–Trinajstić information content (AvgIpc) is 2.62. The average molecular weight is 346 g/mol. The van der Waals surface area contributed by atoms with Crippen molar-refractivity contribution in [1.82, 2.24) is 0 Å². The number of nitrogens with two attached hydrogens (primary N) is 1. The first kappa shape index (κ1) is 18.3. The summed E-state index contributed by atoms with van der Waals surface area (Å²) in [6.45, 7) is 4.58. The summed E-state index contributed by atoms with van der Waals surface area (Å²) in [4.78, 5) is 17.0. The van der Waals surface area contributed by atoms with Crippen LogP contribution in [0.2, 0.25) is 0 Å². The van der Waals surface area contributed by atoms with E-state index < -0.39 is 11.8 Å². The molecule has 25 heavy (non-hydrogen) atoms. The lowest BCUT2D eigenvalue weighted by atomic mass is 10.2. The van der Waals surface area contributed by atoms with Gasteiger partial charge in [-0.2, -0.15) is 0 Å². The lowest BCUT2D eigenvalue weighted by Gasteiger charge is -2.11. The van der Waals surface area contributed by atoms with Gasteiger partial charge in [-0.3, -0.25) is 0 Å². The first-order valence-electron chi connectivity index (χ1n) is 7.75. The van der Waals surface area contributed by atoms with E-state index in [9.17, 15) is 9.18 Å². The molecule has 0 saturated heterocycles. The highest BCUT2D eigenvalue weighted by molar-refractivity contribution is 5.98. The summed E-state index contributed by atoms with van der Waals surface area (Å²) in [6.07, 6.45) is 0. The van der Waals surface area contributed by atoms with E-state index >= 15 is 0 Å². The van der Waals surface area contributed by atoms with Crippen LogP contribution in [0.5, 0.6) is 11.5 Å². The molecule has 132 valence electrons. The number of ether oxygens (including phenoxy) is 2. The zero-order valence-corrected chi connectivity index (χ0v) is 14.0. The number of nitrogens with zero attached hydrogens (tertiary/aromatic N) is 1. The molecule has 0 fully saturated rings. The van der Waals surface area contributed by atoms with Crippen molar-refractivity contribution in [2.75, 3.05) is 13.2 Å². The Balaban J connectivity index is 2.13. The van der Waals surface area contributed by atoms with Crippen molar-refractivity contribution in [3.63, 3.8) is 0 Å². The Hall–Kier alpha value is -3.09. The van der Waals surface area contributed by atoms with Gasteiger partial charge in [-0.15, -0.1) is 0 Å². The maximum atomic E-state index is 12.9. The van der Waals surface area contributed by atoms with Gasteiger partial charge in [0.25, 0.3) is 0 Å². The van der Waals surface area contributed by atoms with E-state index in [4.69, 9.17) is 20.0 Å². The van der Waals surface area contributed by atoms with Crippen LogP contribution in [0.3, 0.4) is 0 Å². The van der Waals surface area contributed by atoms with Crippen LogP contribution in [0.25, 0.3) is 0 Å². The molecule has 6 nitrogen and oxygen atoms in total. The highest BCUT2D eigenvalue weighted by Crippen LogP contribution is 2.28. The van der Waals surface area contributed by atoms with Crippen molar-refractivity contribution in [3.8, 4) is 11.5 Å². The number of benzene rings is 2. The largest absolute Gasteiger partial charge is 0.490 e. The Labute approximate surface area is 145 Å². The van der Waals surface area contributed by atoms with Crippen LogP contribution in [-0.4, -0.2) is 25.0 Å². The Kier molecular flexibility index (Phi) is 6.33. The molecule has 0 radical (unpaired) electrons. The van der Waals surface area contributed by atoms with Gasteiger partial charge in [0, 0.05) is 5.56 Å². The molecule has 0 saturated carbocycles. The minimum Gasteiger partial charge on any atom is -0.490 e. The van der Waals surface area contributed by atoms with Crippen LogP contribution in [0.15, 0.2) is 47.6 Å². The Bertz CT molecular complexity index is 760. The van der Waals surface area contributed by atoms with E-state index in [1.165, 1.54) is 30.3 Å². The third kappa shape index (κ3) is 4.94. The zero-order chi connectivity index (χ0) is 18.2. The SMILES string of the molecule is CCOc1ccc(C(=O)O/N=C(\N)c2ccc(F)cc2)cc1OCC. The van der Waals surface area contributed by atoms with Crippen LogP contribution in [0, 0.1) is 5.82 Å². The van der Waals surface area contributed by atoms with Crippen LogP contribution in [-0.2, 0) is 4.84 Å². The minimum atomic E-state index is -0.700. The molecule has 2 N–H and O–H groups in total. The van der Waals surface area contributed by atoms with E-state index in [0.717, 1.165) is 0 Å². The van der Waals surface area contributed by atoms with Gasteiger partial charge in [-0.05, 0) is 56.3 Å². The van der Waals surface area contributed by atoms with Crippen LogP contribution in [0.4, 0.5) is 4.39 Å². The number of carbonyl (C=O) groups is 1. The van der Waals surface area contributed by atoms with Crippen molar-refractivity contribution in [3.05, 3.63) is 59.4 Å². The number of oxime groups is 1. The first-order valence-corrected chi connectivity index (χ1v) is 7.75. The zero-order valence-electron chi connectivity index (χ0n) is 14.0. The molecule has 2 aromatic carbocycles. The van der Waals surface area contributed by atoms with Crippen molar-refractivity contribution < 1.29 is 23.5 Å². The maximum Gasteiger partial charge on any atom is 0.365 e. The lowest BCUT2D eigenvalue weighted by Crippen LogP contribution is -2.15. The number of hydrogen-bond acceptors (Lipinski definition) is 5. The van der Waals surface area contributed by atoms with Gasteiger partial charge >= 0.3 is 5.97 Å². The van der Waals surface area contributed by atoms with Crippen LogP contribution in [0.1, 0.15) is 29.8 Å². The number of hydrogen-bond donors (Lipinski definition) is 1. The summed E-state index contributed by atoms with van der Waals surface area (Å²) < 4.78 is 23.8. The summed E-state index contributed by atoms with van der Waals surface area (Å²) in [7, 11) is 0. The quantitative estimate of drug-likeness (QED) is 0.360. The van der Waals surface area contributed by atoms with Crippen LogP contribution < -0.4 is 15.2 Å². The number of halogens is 1. The summed E-state index contributed by atoms with van der Waals surface area (Å²) in [5, 5.41) is 3.59. The summed E-state index contributed by atoms with van der Waals surface area (Å²) in [6, 6.07) is 10.0. The second-order valence-electron chi connectivity index (χ2n) is 4.89. The van der Waals surface area contributed by atoms with Gasteiger partial charge in [-0.1, -0.05) is 5.16 Å². The predicted octanol–water partition coefficient (Wildman–Crippen LogP) is 3.10. The van der Waals surface area contributed by atoms with E-state index in [-0.39, 0.29) is 11.4 Å². The maximum absolute atomic E-state index is 12.9. The van der Waals surface area contributed by atoms with Gasteiger partial charge in [0.1, 0.15) is 5.82 Å². The van der Waals surface area contributed by atoms with Gasteiger partial charge < -0.3 is 20.0 Å². The minimum absolute atomic E-state index is 0.0377. The summed E-state index contributed by atoms with van der Waals surface area (Å²) in [5.41, 5.74) is 6.40. The van der Waals surface area contributed by atoms with Gasteiger partial charge in [0.05, 0.1) is 18.8 Å². The molecule has 0 aliphatic carbocycles. The molecule has 2 rings (SSSR count). The molecule has 0 bridgehead atoms. The molecule has 0 aromatic heterocycles. The third-order valence-electron chi connectivity index (χ3n) is 3.15. The number of carbonyl (C=O) groups excluding carboxylic acids is 1. The fourth-order valence-electron chi connectivity index (χ4n) is 1.99. The molecule has 0 heterocycles. The molecule has 0 atom stereocenters. The third-order valence-corrected chi connectivity index (χ3v) is 3.15. The fourth-order valence-corrected chi connectivity index (χ4v) is 1.99. The Morgan fingerprint density at radius 1 is 1.00 bits per heavy atom. The van der Waals surface area contributed by atoms with Crippen molar-refractivity contribution in [2.45, 2.75) is 13.8 Å². The number of amidine groups is 1. The van der Waals surface area contributed by atoms with E-state index in [1.54, 1.807) is 12.1 Å². The topological polar surface area (TPSA) is 83.1 Å². The summed E-state index contributed by atoms with van der Waals surface area (Å²) in [5.74, 6) is -0.158. The Morgan fingerprint density at radius 3 is 2.24 bits per heavy atom. The first-order chi connectivity index (χ1) is 12.0. The smallest absolute Gasteiger partial charge is 0.365 e. The number of rotatable bonds is 7. The highest BCUT2D eigenvalue weighted by Gasteiger charge is 2.13. The van der Waals surface area contributed by atoms with Crippen molar-refractivity contribution >= 4 is 11.8 Å². The van der Waals surface area contributed by atoms with Crippen molar-refractivity contribution in [1.29, 1.82) is 0 Å². The molecule has 0 aliphatic heterocycles. The molecule has 0 amide bonds.